The maximum Gasteiger partial charge on any atom is 0.336 e. The molecule has 1 aliphatic heterocycles. The maximum absolute atomic E-state index is 10.6. The number of esters is 1. The Balaban J connectivity index is 2.21. The molecule has 2 rings (SSSR count). The lowest BCUT2D eigenvalue weighted by Gasteiger charge is -1.92. The van der Waals surface area contributed by atoms with Gasteiger partial charge in [0.25, 0.3) is 0 Å². The van der Waals surface area contributed by atoms with Gasteiger partial charge in [0, 0.05) is 11.0 Å². The monoisotopic (exact) mass is 178 g/mol. The summed E-state index contributed by atoms with van der Waals surface area (Å²) in [4.78, 5) is 11.7. The summed E-state index contributed by atoms with van der Waals surface area (Å²) in [7, 11) is 0. The Kier molecular flexibility index (Phi) is 1.80. The third-order valence-corrected chi connectivity index (χ3v) is 2.25. The zero-order valence-electron chi connectivity index (χ0n) is 6.19. The number of hydrogen-bond acceptors (Lipinski definition) is 3. The van der Waals surface area contributed by atoms with Gasteiger partial charge in [0.15, 0.2) is 0 Å². The standard InChI is InChI=1S/C9H6O2S/c10-9-4-3-7(11-9)6-8-2-1-5-12-8/h1-6H. The van der Waals surface area contributed by atoms with E-state index in [0.717, 1.165) is 4.88 Å². The Morgan fingerprint density at radius 1 is 1.42 bits per heavy atom. The topological polar surface area (TPSA) is 26.3 Å². The van der Waals surface area contributed by atoms with Gasteiger partial charge >= 0.3 is 5.97 Å². The largest absolute Gasteiger partial charge is 0.423 e. The molecule has 60 valence electrons. The van der Waals surface area contributed by atoms with Crippen LogP contribution in [0.4, 0.5) is 0 Å². The van der Waals surface area contributed by atoms with Gasteiger partial charge in [0.1, 0.15) is 5.76 Å². The third kappa shape index (κ3) is 1.46. The van der Waals surface area contributed by atoms with Crippen molar-refractivity contribution in [2.24, 2.45) is 0 Å². The van der Waals surface area contributed by atoms with Gasteiger partial charge in [0.2, 0.25) is 0 Å². The molecule has 1 aliphatic rings. The van der Waals surface area contributed by atoms with Crippen LogP contribution >= 0.6 is 11.3 Å². The van der Waals surface area contributed by atoms with E-state index in [1.165, 1.54) is 6.08 Å². The number of ether oxygens (including phenoxy) is 1. The van der Waals surface area contributed by atoms with Crippen LogP contribution in [0.2, 0.25) is 0 Å². The Labute approximate surface area is 73.8 Å². The molecule has 0 atom stereocenters. The molecule has 0 N–H and O–H groups in total. The van der Waals surface area contributed by atoms with Crippen molar-refractivity contribution in [3.8, 4) is 0 Å². The maximum atomic E-state index is 10.6. The number of allylic oxidation sites excluding steroid dienone is 1. The highest BCUT2D eigenvalue weighted by Gasteiger charge is 2.08. The van der Waals surface area contributed by atoms with E-state index in [9.17, 15) is 4.79 Å². The van der Waals surface area contributed by atoms with E-state index in [1.54, 1.807) is 17.4 Å². The highest BCUT2D eigenvalue weighted by Crippen LogP contribution is 2.17. The SMILES string of the molecule is O=C1C=CC(=Cc2cccs2)O1. The molecule has 2 heterocycles. The minimum atomic E-state index is -0.294. The van der Waals surface area contributed by atoms with Crippen LogP contribution in [0.3, 0.4) is 0 Å². The second-order valence-electron chi connectivity index (χ2n) is 2.32. The molecule has 0 aliphatic carbocycles. The molecule has 12 heavy (non-hydrogen) atoms. The zero-order valence-corrected chi connectivity index (χ0v) is 7.01. The smallest absolute Gasteiger partial charge is 0.336 e. The van der Waals surface area contributed by atoms with Crippen molar-refractivity contribution in [1.29, 1.82) is 0 Å². The van der Waals surface area contributed by atoms with Crippen LogP contribution in [0.5, 0.6) is 0 Å². The molecule has 0 fully saturated rings. The Morgan fingerprint density at radius 2 is 2.33 bits per heavy atom. The first-order valence-electron chi connectivity index (χ1n) is 3.50. The van der Waals surface area contributed by atoms with Crippen molar-refractivity contribution in [2.45, 2.75) is 0 Å². The summed E-state index contributed by atoms with van der Waals surface area (Å²) in [6.07, 6.45) is 4.92. The Bertz CT molecular complexity index is 347. The van der Waals surface area contributed by atoms with Gasteiger partial charge in [-0.2, -0.15) is 0 Å². The summed E-state index contributed by atoms with van der Waals surface area (Å²) in [6.45, 7) is 0. The quantitative estimate of drug-likeness (QED) is 0.616. The number of thiophene rings is 1. The fraction of sp³-hybridized carbons (Fsp3) is 0. The van der Waals surface area contributed by atoms with Crippen molar-refractivity contribution in [3.05, 3.63) is 40.3 Å². The van der Waals surface area contributed by atoms with Crippen LogP contribution in [-0.4, -0.2) is 5.97 Å². The predicted octanol–water partition coefficient (Wildman–Crippen LogP) is 2.20. The van der Waals surface area contributed by atoms with Crippen molar-refractivity contribution < 1.29 is 9.53 Å². The second-order valence-corrected chi connectivity index (χ2v) is 3.30. The summed E-state index contributed by atoms with van der Waals surface area (Å²) >= 11 is 1.61. The molecule has 0 bridgehead atoms. The van der Waals surface area contributed by atoms with Crippen LogP contribution in [-0.2, 0) is 9.53 Å². The predicted molar refractivity (Wildman–Crippen MR) is 47.5 cm³/mol. The molecule has 0 saturated carbocycles. The second kappa shape index (κ2) is 2.95. The molecule has 0 amide bonds. The molecule has 0 spiro atoms. The van der Waals surface area contributed by atoms with Crippen LogP contribution in [0, 0.1) is 0 Å². The van der Waals surface area contributed by atoms with Crippen LogP contribution in [0.1, 0.15) is 4.88 Å². The molecular formula is C9H6O2S. The van der Waals surface area contributed by atoms with Crippen molar-refractivity contribution in [1.82, 2.24) is 0 Å². The van der Waals surface area contributed by atoms with Gasteiger partial charge in [-0.15, -0.1) is 11.3 Å². The first-order chi connectivity index (χ1) is 5.84. The molecule has 0 unspecified atom stereocenters. The molecular weight excluding hydrogens is 172 g/mol. The number of carbonyl (C=O) groups is 1. The highest BCUT2D eigenvalue weighted by molar-refractivity contribution is 7.10. The van der Waals surface area contributed by atoms with E-state index in [-0.39, 0.29) is 5.97 Å². The molecule has 0 radical (unpaired) electrons. The first kappa shape index (κ1) is 7.31. The summed E-state index contributed by atoms with van der Waals surface area (Å²) in [6, 6.07) is 3.93. The summed E-state index contributed by atoms with van der Waals surface area (Å²) < 4.78 is 4.85. The summed E-state index contributed by atoms with van der Waals surface area (Å²) in [5, 5.41) is 1.98. The average molecular weight is 178 g/mol. The Morgan fingerprint density at radius 3 is 2.92 bits per heavy atom. The number of rotatable bonds is 1. The highest BCUT2D eigenvalue weighted by atomic mass is 32.1. The minimum absolute atomic E-state index is 0.294. The lowest BCUT2D eigenvalue weighted by molar-refractivity contribution is -0.132. The fourth-order valence-electron chi connectivity index (χ4n) is 0.926. The van der Waals surface area contributed by atoms with Crippen LogP contribution < -0.4 is 0 Å². The lowest BCUT2D eigenvalue weighted by atomic mass is 10.4. The number of carbonyl (C=O) groups excluding carboxylic acids is 1. The summed E-state index contributed by atoms with van der Waals surface area (Å²) in [5.74, 6) is 0.320. The van der Waals surface area contributed by atoms with Crippen molar-refractivity contribution in [2.75, 3.05) is 0 Å². The van der Waals surface area contributed by atoms with E-state index < -0.39 is 0 Å². The van der Waals surface area contributed by atoms with Gasteiger partial charge in [0.05, 0.1) is 0 Å². The number of hydrogen-bond donors (Lipinski definition) is 0. The van der Waals surface area contributed by atoms with Crippen molar-refractivity contribution in [3.63, 3.8) is 0 Å². The van der Waals surface area contributed by atoms with Gasteiger partial charge < -0.3 is 4.74 Å². The third-order valence-electron chi connectivity index (χ3n) is 1.43. The normalized spacial score (nSPS) is 18.7. The van der Waals surface area contributed by atoms with E-state index in [1.807, 2.05) is 23.6 Å². The molecule has 1 aromatic heterocycles. The molecule has 1 aromatic rings. The van der Waals surface area contributed by atoms with E-state index in [4.69, 9.17) is 4.74 Å². The van der Waals surface area contributed by atoms with E-state index >= 15 is 0 Å². The van der Waals surface area contributed by atoms with Crippen molar-refractivity contribution >= 4 is 23.4 Å². The average Bonchev–Trinajstić information content (AvgIpc) is 2.63. The molecule has 0 saturated heterocycles. The van der Waals surface area contributed by atoms with Gasteiger partial charge in [-0.3, -0.25) is 0 Å². The zero-order chi connectivity index (χ0) is 8.39. The molecule has 2 nitrogen and oxygen atoms in total. The van der Waals surface area contributed by atoms with Gasteiger partial charge in [-0.05, 0) is 23.6 Å². The van der Waals surface area contributed by atoms with Crippen LogP contribution in [0.15, 0.2) is 35.4 Å². The van der Waals surface area contributed by atoms with E-state index in [0.29, 0.717) is 5.76 Å². The minimum Gasteiger partial charge on any atom is -0.423 e. The fourth-order valence-corrected chi connectivity index (χ4v) is 1.58. The first-order valence-corrected chi connectivity index (χ1v) is 4.38. The van der Waals surface area contributed by atoms with Gasteiger partial charge in [-0.1, -0.05) is 6.07 Å². The van der Waals surface area contributed by atoms with E-state index in [2.05, 4.69) is 0 Å². The molecule has 3 heteroatoms. The van der Waals surface area contributed by atoms with Gasteiger partial charge in [-0.25, -0.2) is 4.79 Å². The summed E-state index contributed by atoms with van der Waals surface area (Å²) in [5.41, 5.74) is 0. The lowest BCUT2D eigenvalue weighted by Crippen LogP contribution is -1.89. The number of cyclic esters (lactones) is 1. The Hall–Kier alpha value is -1.35. The molecule has 0 aromatic carbocycles. The van der Waals surface area contributed by atoms with Crippen LogP contribution in [0.25, 0.3) is 6.08 Å².